The molecule has 10 heteroatoms. The van der Waals surface area contributed by atoms with E-state index >= 15 is 0 Å². The number of hydrogen-bond acceptors (Lipinski definition) is 5. The zero-order chi connectivity index (χ0) is 24.4. The quantitative estimate of drug-likeness (QED) is 0.341. The lowest BCUT2D eigenvalue weighted by atomic mass is 10.3. The van der Waals surface area contributed by atoms with Crippen LogP contribution in [0.3, 0.4) is 0 Å². The first-order valence-corrected chi connectivity index (χ1v) is 11.4. The topological polar surface area (TPSA) is 126 Å². The second-order valence-corrected chi connectivity index (χ2v) is 8.23. The zero-order valence-corrected chi connectivity index (χ0v) is 20.1. The monoisotopic (exact) mass is 459 g/mol. The number of nitrogens with one attached hydrogen (secondary N) is 3. The van der Waals surface area contributed by atoms with Crippen LogP contribution in [-0.2, 0) is 17.9 Å². The molecule has 0 aliphatic carbocycles. The van der Waals surface area contributed by atoms with E-state index in [0.29, 0.717) is 42.4 Å². The number of nitrogens with zero attached hydrogens (tertiary/aromatic N) is 3. The molecule has 182 valence electrons. The number of amides is 3. The molecule has 2 heterocycles. The second-order valence-electron chi connectivity index (χ2n) is 8.23. The van der Waals surface area contributed by atoms with Gasteiger partial charge >= 0.3 is 0 Å². The maximum absolute atomic E-state index is 13.0. The van der Waals surface area contributed by atoms with Crippen LogP contribution in [-0.4, -0.2) is 65.5 Å². The molecule has 0 aromatic carbocycles. The maximum atomic E-state index is 13.0. The maximum Gasteiger partial charge on any atom is 0.272 e. The third kappa shape index (κ3) is 7.76. The number of aryl methyl sites for hydroxylation is 2. The van der Waals surface area contributed by atoms with Crippen molar-refractivity contribution in [2.45, 2.75) is 46.2 Å². The molecule has 0 radical (unpaired) electrons. The molecule has 5 N–H and O–H groups in total. The first-order valence-electron chi connectivity index (χ1n) is 11.4. The van der Waals surface area contributed by atoms with E-state index in [0.717, 1.165) is 25.8 Å². The first kappa shape index (κ1) is 26.1. The van der Waals surface area contributed by atoms with Gasteiger partial charge in [-0.15, -0.1) is 0 Å². The van der Waals surface area contributed by atoms with Crippen LogP contribution in [0.5, 0.6) is 0 Å². The molecule has 0 unspecified atom stereocenters. The van der Waals surface area contributed by atoms with Crippen molar-refractivity contribution in [1.29, 1.82) is 0 Å². The van der Waals surface area contributed by atoms with Gasteiger partial charge in [0.1, 0.15) is 11.4 Å². The summed E-state index contributed by atoms with van der Waals surface area (Å²) in [5.41, 5.74) is 7.36. The summed E-state index contributed by atoms with van der Waals surface area (Å²) in [6.07, 6.45) is 6.03. The van der Waals surface area contributed by atoms with Crippen LogP contribution < -0.4 is 21.7 Å². The minimum absolute atomic E-state index is 0.134. The summed E-state index contributed by atoms with van der Waals surface area (Å²) >= 11 is 0. The van der Waals surface area contributed by atoms with E-state index in [9.17, 15) is 14.4 Å². The summed E-state index contributed by atoms with van der Waals surface area (Å²) in [7, 11) is 3.99. The summed E-state index contributed by atoms with van der Waals surface area (Å²) in [5, 5.41) is 8.52. The molecule has 0 saturated carbocycles. The lowest BCUT2D eigenvalue weighted by Gasteiger charge is -2.11. The molecule has 2 aromatic heterocycles. The molecule has 10 nitrogen and oxygen atoms in total. The number of carbonyl (C=O) groups is 3. The predicted octanol–water partition coefficient (Wildman–Crippen LogP) is 1.94. The molecule has 0 spiro atoms. The molecular weight excluding hydrogens is 422 g/mol. The Kier molecular flexibility index (Phi) is 10.1. The Morgan fingerprint density at radius 3 is 1.97 bits per heavy atom. The number of nitrogens with two attached hydrogens (primary N) is 1. The van der Waals surface area contributed by atoms with Crippen molar-refractivity contribution in [3.8, 4) is 0 Å². The highest BCUT2D eigenvalue weighted by Gasteiger charge is 2.18. The highest BCUT2D eigenvalue weighted by atomic mass is 16.2. The molecule has 2 aromatic rings. The summed E-state index contributed by atoms with van der Waals surface area (Å²) in [6.45, 7) is 6.67. The van der Waals surface area contributed by atoms with Crippen molar-refractivity contribution in [2.75, 3.05) is 44.4 Å². The molecular formula is C23H37N7O3. The third-order valence-corrected chi connectivity index (χ3v) is 4.98. The average molecular weight is 460 g/mol. The Morgan fingerprint density at radius 2 is 1.45 bits per heavy atom. The summed E-state index contributed by atoms with van der Waals surface area (Å²) in [5.74, 6) is -0.805. The van der Waals surface area contributed by atoms with Crippen molar-refractivity contribution in [3.63, 3.8) is 0 Å². The summed E-state index contributed by atoms with van der Waals surface area (Å²) in [6, 6.07) is 3.32. The van der Waals surface area contributed by atoms with Crippen LogP contribution in [0, 0.1) is 0 Å². The van der Waals surface area contributed by atoms with Gasteiger partial charge in [-0.25, -0.2) is 0 Å². The summed E-state index contributed by atoms with van der Waals surface area (Å²) < 4.78 is 3.65. The molecule has 0 saturated heterocycles. The summed E-state index contributed by atoms with van der Waals surface area (Å²) in [4.78, 5) is 39.4. The highest BCUT2D eigenvalue weighted by Crippen LogP contribution is 2.19. The van der Waals surface area contributed by atoms with Crippen molar-refractivity contribution in [3.05, 3.63) is 35.9 Å². The van der Waals surface area contributed by atoms with Gasteiger partial charge in [0, 0.05) is 32.0 Å². The van der Waals surface area contributed by atoms with Gasteiger partial charge in [0.05, 0.1) is 17.9 Å². The Labute approximate surface area is 195 Å². The number of hydrogen-bond donors (Lipinski definition) is 4. The average Bonchev–Trinajstić information content (AvgIpc) is 3.35. The van der Waals surface area contributed by atoms with Crippen LogP contribution in [0.15, 0.2) is 24.5 Å². The standard InChI is InChI=1S/C23H37N7O3/c1-5-9-29-16-18(13-19(29)22(32)25-8-7-11-28(3)4)27-23(33)20-12-17(26-21(31)14-24)15-30(20)10-6-2/h12-13,15-16H,5-11,14,24H2,1-4H3,(H,25,32)(H,26,31)(H,27,33). The van der Waals surface area contributed by atoms with Crippen LogP contribution in [0.25, 0.3) is 0 Å². The van der Waals surface area contributed by atoms with Crippen LogP contribution in [0.4, 0.5) is 11.4 Å². The molecule has 0 fully saturated rings. The smallest absolute Gasteiger partial charge is 0.272 e. The van der Waals surface area contributed by atoms with Crippen LogP contribution >= 0.6 is 0 Å². The van der Waals surface area contributed by atoms with Gasteiger partial charge in [-0.05, 0) is 52.0 Å². The van der Waals surface area contributed by atoms with E-state index in [1.807, 2.05) is 32.5 Å². The number of carbonyl (C=O) groups excluding carboxylic acids is 3. The van der Waals surface area contributed by atoms with Gasteiger partial charge < -0.3 is 35.7 Å². The lowest BCUT2D eigenvalue weighted by molar-refractivity contribution is -0.114. The van der Waals surface area contributed by atoms with Gasteiger partial charge in [0.25, 0.3) is 11.8 Å². The van der Waals surface area contributed by atoms with Gasteiger partial charge in [0.15, 0.2) is 0 Å². The van der Waals surface area contributed by atoms with E-state index in [1.54, 1.807) is 29.1 Å². The molecule has 0 atom stereocenters. The molecule has 33 heavy (non-hydrogen) atoms. The van der Waals surface area contributed by atoms with Gasteiger partial charge in [-0.2, -0.15) is 0 Å². The lowest BCUT2D eigenvalue weighted by Crippen LogP contribution is -2.28. The van der Waals surface area contributed by atoms with Crippen LogP contribution in [0.1, 0.15) is 54.1 Å². The molecule has 2 rings (SSSR count). The first-order chi connectivity index (χ1) is 15.8. The normalized spacial score (nSPS) is 11.0. The number of rotatable bonds is 13. The van der Waals surface area contributed by atoms with E-state index in [-0.39, 0.29) is 24.3 Å². The molecule has 0 bridgehead atoms. The Morgan fingerprint density at radius 1 is 0.909 bits per heavy atom. The van der Waals surface area contributed by atoms with E-state index in [1.165, 1.54) is 0 Å². The number of aromatic nitrogens is 2. The second kappa shape index (κ2) is 12.8. The van der Waals surface area contributed by atoms with Gasteiger partial charge in [0.2, 0.25) is 5.91 Å². The third-order valence-electron chi connectivity index (χ3n) is 4.98. The van der Waals surface area contributed by atoms with E-state index in [4.69, 9.17) is 5.73 Å². The molecule has 0 aliphatic heterocycles. The van der Waals surface area contributed by atoms with E-state index < -0.39 is 0 Å². The minimum atomic E-state index is -0.325. The Hall–Kier alpha value is -3.11. The zero-order valence-electron chi connectivity index (χ0n) is 20.1. The Bertz CT molecular complexity index is 946. The Balaban J connectivity index is 2.16. The highest BCUT2D eigenvalue weighted by molar-refractivity contribution is 6.05. The van der Waals surface area contributed by atoms with Gasteiger partial charge in [-0.1, -0.05) is 13.8 Å². The van der Waals surface area contributed by atoms with Crippen molar-refractivity contribution >= 4 is 29.1 Å². The minimum Gasteiger partial charge on any atom is -0.351 e. The predicted molar refractivity (Wildman–Crippen MR) is 131 cm³/mol. The van der Waals surface area contributed by atoms with E-state index in [2.05, 4.69) is 20.9 Å². The van der Waals surface area contributed by atoms with Gasteiger partial charge in [-0.3, -0.25) is 14.4 Å². The van der Waals surface area contributed by atoms with Crippen LogP contribution in [0.2, 0.25) is 0 Å². The fourth-order valence-corrected chi connectivity index (χ4v) is 3.49. The molecule has 0 aliphatic rings. The van der Waals surface area contributed by atoms with Crippen molar-refractivity contribution in [2.24, 2.45) is 5.73 Å². The van der Waals surface area contributed by atoms with Crippen molar-refractivity contribution < 1.29 is 14.4 Å². The SMILES string of the molecule is CCCn1cc(NC(=O)c2cc(NC(=O)CN)cn2CCC)cc1C(=O)NCCCN(C)C. The number of anilines is 2. The molecule has 3 amide bonds. The fourth-order valence-electron chi connectivity index (χ4n) is 3.49. The largest absolute Gasteiger partial charge is 0.351 e. The van der Waals surface area contributed by atoms with Crippen molar-refractivity contribution in [1.82, 2.24) is 19.4 Å². The fraction of sp³-hybridized carbons (Fsp3) is 0.522.